The summed E-state index contributed by atoms with van der Waals surface area (Å²) < 4.78 is 21.8. The molecule has 0 radical (unpaired) electrons. The molecule has 1 saturated heterocycles. The molecule has 4 aromatic rings. The van der Waals surface area contributed by atoms with Crippen LogP contribution in [0.25, 0.3) is 32.8 Å². The van der Waals surface area contributed by atoms with Crippen molar-refractivity contribution in [2.24, 2.45) is 0 Å². The number of nitrogens with zero attached hydrogens (tertiary/aromatic N) is 6. The van der Waals surface area contributed by atoms with Crippen LogP contribution in [-0.2, 0) is 4.79 Å². The summed E-state index contributed by atoms with van der Waals surface area (Å²) in [6.45, 7) is 1.65. The Balaban J connectivity index is 1.58. The normalized spacial score (nSPS) is 15.6. The molecule has 2 heterocycles. The Labute approximate surface area is 248 Å². The third kappa shape index (κ3) is 5.66. The number of benzene rings is 3. The quantitative estimate of drug-likeness (QED) is 0.301. The van der Waals surface area contributed by atoms with Gasteiger partial charge in [-0.15, -0.1) is 0 Å². The molecule has 1 N–H and O–H groups in total. The molecule has 1 aliphatic heterocycles. The van der Waals surface area contributed by atoms with E-state index in [9.17, 15) is 15.2 Å². The van der Waals surface area contributed by atoms with E-state index < -0.39 is 11.9 Å². The Morgan fingerprint density at radius 2 is 2.02 bits per heavy atom. The molecule has 1 aromatic heterocycles. The van der Waals surface area contributed by atoms with E-state index in [-0.39, 0.29) is 40.2 Å². The first-order valence-electron chi connectivity index (χ1n) is 13.4. The van der Waals surface area contributed by atoms with Gasteiger partial charge in [0.25, 0.3) is 0 Å². The van der Waals surface area contributed by atoms with Crippen molar-refractivity contribution in [3.63, 3.8) is 0 Å². The zero-order valence-corrected chi connectivity index (χ0v) is 24.3. The molecule has 1 aliphatic rings. The van der Waals surface area contributed by atoms with Gasteiger partial charge in [0.1, 0.15) is 17.1 Å². The maximum atomic E-state index is 16.4. The Bertz CT molecular complexity index is 1740. The number of rotatable bonds is 7. The highest BCUT2D eigenvalue weighted by atomic mass is 35.5. The van der Waals surface area contributed by atoms with E-state index in [1.807, 2.05) is 48.2 Å². The molecular weight excluding hydrogens is 559 g/mol. The summed E-state index contributed by atoms with van der Waals surface area (Å²) in [7, 11) is 5.23. The van der Waals surface area contributed by atoms with E-state index in [2.05, 4.69) is 16.0 Å². The van der Waals surface area contributed by atoms with Crippen LogP contribution in [0.15, 0.2) is 54.6 Å². The predicted octanol–water partition coefficient (Wildman–Crippen LogP) is 5.01. The van der Waals surface area contributed by atoms with Gasteiger partial charge in [0.2, 0.25) is 5.91 Å². The number of anilines is 1. The summed E-state index contributed by atoms with van der Waals surface area (Å²) in [5, 5.41) is 21.9. The summed E-state index contributed by atoms with van der Waals surface area (Å²) in [6, 6.07) is 13.8. The van der Waals surface area contributed by atoms with Crippen molar-refractivity contribution in [3.05, 3.63) is 65.5 Å². The van der Waals surface area contributed by atoms with Crippen LogP contribution in [0.4, 0.5) is 10.2 Å². The third-order valence-corrected chi connectivity index (χ3v) is 7.56. The number of phenolic OH excluding ortho intramolecular Hbond substituents is 1. The number of aromatic nitrogens is 2. The molecule has 3 aromatic carbocycles. The van der Waals surface area contributed by atoms with Crippen molar-refractivity contribution in [3.8, 4) is 29.0 Å². The monoisotopic (exact) mass is 588 g/mol. The lowest BCUT2D eigenvalue weighted by atomic mass is 9.96. The van der Waals surface area contributed by atoms with Gasteiger partial charge in [-0.25, -0.2) is 4.39 Å². The number of likely N-dealkylation sites (N-methyl/N-ethyl adjacent to an activating group) is 1. The van der Waals surface area contributed by atoms with E-state index in [0.29, 0.717) is 42.9 Å². The van der Waals surface area contributed by atoms with Gasteiger partial charge in [0.05, 0.1) is 30.7 Å². The second-order valence-electron chi connectivity index (χ2n) is 10.4. The second kappa shape index (κ2) is 12.2. The zero-order valence-electron chi connectivity index (χ0n) is 23.5. The number of piperazine rings is 1. The average molecular weight is 589 g/mol. The molecule has 0 unspecified atom stereocenters. The van der Waals surface area contributed by atoms with Crippen molar-refractivity contribution < 1.29 is 19.0 Å². The van der Waals surface area contributed by atoms with E-state index in [1.54, 1.807) is 23.1 Å². The van der Waals surface area contributed by atoms with E-state index in [0.717, 1.165) is 10.8 Å². The minimum atomic E-state index is -0.677. The number of hydrogen-bond acceptors (Lipinski definition) is 8. The lowest BCUT2D eigenvalue weighted by Crippen LogP contribution is -2.55. The molecule has 0 bridgehead atoms. The molecule has 0 aliphatic carbocycles. The van der Waals surface area contributed by atoms with Gasteiger partial charge < -0.3 is 24.5 Å². The van der Waals surface area contributed by atoms with Crippen molar-refractivity contribution in [2.75, 3.05) is 52.3 Å². The Kier molecular flexibility index (Phi) is 8.43. The van der Waals surface area contributed by atoms with Crippen LogP contribution in [0, 0.1) is 17.1 Å². The number of ether oxygens (including phenoxy) is 1. The first-order chi connectivity index (χ1) is 20.2. The number of hydrogen-bond donors (Lipinski definition) is 1. The minimum Gasteiger partial charge on any atom is -0.508 e. The van der Waals surface area contributed by atoms with Crippen molar-refractivity contribution in [1.82, 2.24) is 19.8 Å². The smallest absolute Gasteiger partial charge is 0.318 e. The van der Waals surface area contributed by atoms with E-state index >= 15 is 4.39 Å². The maximum absolute atomic E-state index is 16.4. The van der Waals surface area contributed by atoms with Gasteiger partial charge in [0.15, 0.2) is 5.82 Å². The number of methoxy groups -OCH3 is 1. The van der Waals surface area contributed by atoms with Crippen LogP contribution < -0.4 is 9.64 Å². The van der Waals surface area contributed by atoms with Crippen LogP contribution in [0.3, 0.4) is 0 Å². The standard InChI is InChI=1S/C31H30ClFN6O3/c1-37(2)12-6-9-26(41)39-14-13-38(18-20(39)10-11-34)30-24-17-25(32)27(28(33)29(24)35-31(36-30)42-3)23-16-21(40)15-19-7-4-5-8-22(19)23/h4-9,15-17,20,40H,10,12-14,18H2,1-3H3/b9-6+/t20-/m0/s1. The molecule has 5 rings (SSSR count). The van der Waals surface area contributed by atoms with Gasteiger partial charge >= 0.3 is 6.01 Å². The number of amides is 1. The van der Waals surface area contributed by atoms with Gasteiger partial charge in [-0.1, -0.05) is 41.9 Å². The molecular formula is C31H30ClFN6O3. The van der Waals surface area contributed by atoms with E-state index in [4.69, 9.17) is 16.3 Å². The third-order valence-electron chi connectivity index (χ3n) is 7.26. The largest absolute Gasteiger partial charge is 0.508 e. The fourth-order valence-corrected chi connectivity index (χ4v) is 5.61. The lowest BCUT2D eigenvalue weighted by Gasteiger charge is -2.41. The SMILES string of the molecule is COc1nc(N2CCN(C(=O)/C=C/CN(C)C)[C@@H](CC#N)C2)c2cc(Cl)c(-c3cc(O)cc4ccccc34)c(F)c2n1. The highest BCUT2D eigenvalue weighted by Gasteiger charge is 2.32. The summed E-state index contributed by atoms with van der Waals surface area (Å²) in [6.07, 6.45) is 3.44. The van der Waals surface area contributed by atoms with Gasteiger partial charge in [0, 0.05) is 43.2 Å². The van der Waals surface area contributed by atoms with Crippen LogP contribution in [0.1, 0.15) is 6.42 Å². The van der Waals surface area contributed by atoms with Crippen molar-refractivity contribution in [1.29, 1.82) is 5.26 Å². The molecule has 0 spiro atoms. The topological polar surface area (TPSA) is 106 Å². The highest BCUT2D eigenvalue weighted by Crippen LogP contribution is 2.42. The summed E-state index contributed by atoms with van der Waals surface area (Å²) >= 11 is 6.76. The molecule has 11 heteroatoms. The molecule has 1 fully saturated rings. The van der Waals surface area contributed by atoms with Crippen molar-refractivity contribution >= 4 is 45.0 Å². The first-order valence-corrected chi connectivity index (χ1v) is 13.8. The number of carbonyl (C=O) groups excluding carboxylic acids is 1. The fourth-order valence-electron chi connectivity index (χ4n) is 5.32. The fraction of sp³-hybridized carbons (Fsp3) is 0.290. The zero-order chi connectivity index (χ0) is 30.0. The van der Waals surface area contributed by atoms with Gasteiger partial charge in [-0.3, -0.25) is 4.79 Å². The minimum absolute atomic E-state index is 0.00521. The molecule has 42 heavy (non-hydrogen) atoms. The maximum Gasteiger partial charge on any atom is 0.318 e. The van der Waals surface area contributed by atoms with Crippen LogP contribution in [-0.4, -0.2) is 84.2 Å². The number of phenols is 1. The Morgan fingerprint density at radius 3 is 2.76 bits per heavy atom. The van der Waals surface area contributed by atoms with Crippen molar-refractivity contribution in [2.45, 2.75) is 12.5 Å². The van der Waals surface area contributed by atoms with Gasteiger partial charge in [-0.2, -0.15) is 15.2 Å². The van der Waals surface area contributed by atoms with Crippen LogP contribution in [0.5, 0.6) is 11.8 Å². The number of halogens is 2. The number of carbonyl (C=O) groups is 1. The molecule has 0 saturated carbocycles. The Morgan fingerprint density at radius 1 is 1.24 bits per heavy atom. The number of aromatic hydroxyl groups is 1. The molecule has 1 atom stereocenters. The molecule has 216 valence electrons. The second-order valence-corrected chi connectivity index (χ2v) is 10.8. The summed E-state index contributed by atoms with van der Waals surface area (Å²) in [4.78, 5) is 27.4. The molecule has 9 nitrogen and oxygen atoms in total. The van der Waals surface area contributed by atoms with Crippen LogP contribution >= 0.6 is 11.6 Å². The summed E-state index contributed by atoms with van der Waals surface area (Å²) in [5.41, 5.74) is 0.536. The average Bonchev–Trinajstić information content (AvgIpc) is 2.96. The summed E-state index contributed by atoms with van der Waals surface area (Å²) in [5.74, 6) is -0.474. The predicted molar refractivity (Wildman–Crippen MR) is 161 cm³/mol. The van der Waals surface area contributed by atoms with E-state index in [1.165, 1.54) is 19.3 Å². The molecule has 1 amide bonds. The number of fused-ring (bicyclic) bond motifs is 2. The van der Waals surface area contributed by atoms with Gasteiger partial charge in [-0.05, 0) is 48.6 Å². The number of nitriles is 1. The highest BCUT2D eigenvalue weighted by molar-refractivity contribution is 6.35. The lowest BCUT2D eigenvalue weighted by molar-refractivity contribution is -0.128. The Hall–Kier alpha value is -4.46. The van der Waals surface area contributed by atoms with Crippen LogP contribution in [0.2, 0.25) is 5.02 Å². The first kappa shape index (κ1) is 29.0.